The summed E-state index contributed by atoms with van der Waals surface area (Å²) >= 11 is 16.8. The van der Waals surface area contributed by atoms with Gasteiger partial charge in [-0.3, -0.25) is 9.59 Å². The predicted molar refractivity (Wildman–Crippen MR) is 87.7 cm³/mol. The van der Waals surface area contributed by atoms with Crippen molar-refractivity contribution in [2.24, 2.45) is 7.05 Å². The van der Waals surface area contributed by atoms with E-state index in [-0.39, 0.29) is 11.5 Å². The number of carbonyl (C=O) groups excluding carboxylic acids is 2. The minimum atomic E-state index is -2.01. The molecule has 1 rings (SSSR count). The highest BCUT2D eigenvalue weighted by atomic mass is 35.6. The fraction of sp³-hybridized carbons (Fsp3) is 0.600. The molecule has 0 saturated heterocycles. The van der Waals surface area contributed by atoms with Crippen LogP contribution in [0.1, 0.15) is 66.3 Å². The summed E-state index contributed by atoms with van der Waals surface area (Å²) in [7, 11) is 1.65. The molecule has 0 amide bonds. The van der Waals surface area contributed by atoms with Gasteiger partial charge in [-0.1, -0.05) is 67.4 Å². The second-order valence-corrected chi connectivity index (χ2v) is 7.42. The highest BCUT2D eigenvalue weighted by Gasteiger charge is 2.33. The summed E-state index contributed by atoms with van der Waals surface area (Å²) in [5, 5.41) is 0. The largest absolute Gasteiger partial charge is 0.347 e. The van der Waals surface area contributed by atoms with Crippen molar-refractivity contribution in [2.75, 3.05) is 0 Å². The third-order valence-corrected chi connectivity index (χ3v) is 3.84. The molecular weight excluding hydrogens is 333 g/mol. The average molecular weight is 353 g/mol. The number of Topliss-reactive ketones (excluding diaryl/α,β-unsaturated/α-hetero) is 2. The molecule has 0 fully saturated rings. The summed E-state index contributed by atoms with van der Waals surface area (Å²) in [5.41, 5.74) is 0.718. The summed E-state index contributed by atoms with van der Waals surface area (Å²) in [6.45, 7) is 2.15. The van der Waals surface area contributed by atoms with Gasteiger partial charge in [-0.25, -0.2) is 0 Å². The SMILES string of the molecule is CCCCCCCC(=O)c1cc(C(=O)C(Cl)(Cl)Cl)n(C)c1. The van der Waals surface area contributed by atoms with E-state index in [2.05, 4.69) is 6.92 Å². The van der Waals surface area contributed by atoms with Crippen molar-refractivity contribution >= 4 is 46.4 Å². The van der Waals surface area contributed by atoms with Gasteiger partial charge in [0, 0.05) is 25.2 Å². The summed E-state index contributed by atoms with van der Waals surface area (Å²) in [4.78, 5) is 24.0. The predicted octanol–water partition coefficient (Wildman–Crippen LogP) is 5.12. The second kappa shape index (κ2) is 8.21. The summed E-state index contributed by atoms with van der Waals surface area (Å²) in [6.07, 6.45) is 7.52. The van der Waals surface area contributed by atoms with E-state index in [1.807, 2.05) is 0 Å². The molecule has 1 heterocycles. The molecule has 0 radical (unpaired) electrons. The number of alkyl halides is 3. The van der Waals surface area contributed by atoms with Crippen LogP contribution in [-0.2, 0) is 7.05 Å². The van der Waals surface area contributed by atoms with Crippen LogP contribution in [0.25, 0.3) is 0 Å². The smallest absolute Gasteiger partial charge is 0.255 e. The molecule has 0 N–H and O–H groups in total. The van der Waals surface area contributed by atoms with Gasteiger partial charge in [-0.15, -0.1) is 0 Å². The van der Waals surface area contributed by atoms with Crippen molar-refractivity contribution < 1.29 is 9.59 Å². The molecule has 0 aliphatic heterocycles. The Morgan fingerprint density at radius 2 is 1.76 bits per heavy atom. The van der Waals surface area contributed by atoms with Crippen molar-refractivity contribution in [2.45, 2.75) is 49.2 Å². The van der Waals surface area contributed by atoms with Gasteiger partial charge in [0.1, 0.15) is 0 Å². The van der Waals surface area contributed by atoms with Gasteiger partial charge in [-0.05, 0) is 12.5 Å². The Morgan fingerprint density at radius 3 is 2.33 bits per heavy atom. The minimum absolute atomic E-state index is 0.0189. The molecule has 0 aliphatic rings. The number of aromatic nitrogens is 1. The van der Waals surface area contributed by atoms with Crippen LogP contribution >= 0.6 is 34.8 Å². The fourth-order valence-corrected chi connectivity index (χ4v) is 2.41. The van der Waals surface area contributed by atoms with Crippen LogP contribution in [0.15, 0.2) is 12.3 Å². The van der Waals surface area contributed by atoms with E-state index in [1.54, 1.807) is 13.2 Å². The van der Waals surface area contributed by atoms with Crippen molar-refractivity contribution in [3.8, 4) is 0 Å². The molecule has 21 heavy (non-hydrogen) atoms. The third-order valence-electron chi connectivity index (χ3n) is 3.32. The highest BCUT2D eigenvalue weighted by Crippen LogP contribution is 2.31. The zero-order valence-corrected chi connectivity index (χ0v) is 14.6. The molecule has 1 aromatic rings. The lowest BCUT2D eigenvalue weighted by molar-refractivity contribution is 0.0977. The molecule has 1 aromatic heterocycles. The Morgan fingerprint density at radius 1 is 1.14 bits per heavy atom. The first kappa shape index (κ1) is 18.5. The Balaban J connectivity index is 2.65. The van der Waals surface area contributed by atoms with E-state index in [0.717, 1.165) is 19.3 Å². The van der Waals surface area contributed by atoms with E-state index >= 15 is 0 Å². The van der Waals surface area contributed by atoms with Crippen LogP contribution in [0.5, 0.6) is 0 Å². The molecule has 0 aliphatic carbocycles. The van der Waals surface area contributed by atoms with Gasteiger partial charge in [0.25, 0.3) is 3.79 Å². The number of rotatable bonds is 8. The maximum absolute atomic E-state index is 12.1. The van der Waals surface area contributed by atoms with Crippen LogP contribution in [0, 0.1) is 0 Å². The van der Waals surface area contributed by atoms with E-state index in [0.29, 0.717) is 12.0 Å². The monoisotopic (exact) mass is 351 g/mol. The molecule has 118 valence electrons. The number of nitrogens with zero attached hydrogens (tertiary/aromatic N) is 1. The van der Waals surface area contributed by atoms with E-state index in [4.69, 9.17) is 34.8 Å². The van der Waals surface area contributed by atoms with Crippen LogP contribution in [0.4, 0.5) is 0 Å². The number of unbranched alkanes of at least 4 members (excludes halogenated alkanes) is 4. The van der Waals surface area contributed by atoms with E-state index in [9.17, 15) is 9.59 Å². The lowest BCUT2D eigenvalue weighted by Gasteiger charge is -2.09. The highest BCUT2D eigenvalue weighted by molar-refractivity contribution is 6.77. The summed E-state index contributed by atoms with van der Waals surface area (Å²) in [5.74, 6) is -0.609. The average Bonchev–Trinajstić information content (AvgIpc) is 2.78. The number of ketones is 2. The van der Waals surface area contributed by atoms with Crippen molar-refractivity contribution in [1.82, 2.24) is 4.57 Å². The maximum atomic E-state index is 12.1. The molecule has 3 nitrogen and oxygen atoms in total. The van der Waals surface area contributed by atoms with Crippen LogP contribution in [-0.4, -0.2) is 19.9 Å². The Labute approximate surface area is 140 Å². The fourth-order valence-electron chi connectivity index (χ4n) is 2.12. The first-order chi connectivity index (χ1) is 9.77. The number of halogens is 3. The van der Waals surface area contributed by atoms with Crippen molar-refractivity contribution in [1.29, 1.82) is 0 Å². The van der Waals surface area contributed by atoms with Gasteiger partial charge in [-0.2, -0.15) is 0 Å². The third kappa shape index (κ3) is 5.65. The number of hydrogen-bond donors (Lipinski definition) is 0. The maximum Gasteiger partial charge on any atom is 0.255 e. The second-order valence-electron chi connectivity index (χ2n) is 5.14. The first-order valence-corrected chi connectivity index (χ1v) is 8.21. The van der Waals surface area contributed by atoms with Gasteiger partial charge in [0.2, 0.25) is 5.78 Å². The molecule has 0 unspecified atom stereocenters. The van der Waals surface area contributed by atoms with Crippen LogP contribution in [0.3, 0.4) is 0 Å². The number of carbonyl (C=O) groups is 2. The molecule has 6 heteroatoms. The van der Waals surface area contributed by atoms with Gasteiger partial charge < -0.3 is 4.57 Å². The van der Waals surface area contributed by atoms with E-state index in [1.165, 1.54) is 23.5 Å². The van der Waals surface area contributed by atoms with Gasteiger partial charge in [0.15, 0.2) is 5.78 Å². The van der Waals surface area contributed by atoms with Gasteiger partial charge in [0.05, 0.1) is 5.69 Å². The standard InChI is InChI=1S/C15H20Cl3NO2/c1-3-4-5-6-7-8-13(20)11-9-12(19(2)10-11)14(21)15(16,17)18/h9-10H,3-8H2,1-2H3. The summed E-state index contributed by atoms with van der Waals surface area (Å²) in [6, 6.07) is 1.50. The molecule has 0 aromatic carbocycles. The molecular formula is C15H20Cl3NO2. The number of hydrogen-bond acceptors (Lipinski definition) is 2. The quantitative estimate of drug-likeness (QED) is 0.370. The minimum Gasteiger partial charge on any atom is -0.347 e. The topological polar surface area (TPSA) is 39.1 Å². The Bertz CT molecular complexity index is 504. The van der Waals surface area contributed by atoms with E-state index < -0.39 is 9.58 Å². The van der Waals surface area contributed by atoms with Crippen molar-refractivity contribution in [3.05, 3.63) is 23.5 Å². The Hall–Kier alpha value is -0.510. The lowest BCUT2D eigenvalue weighted by Crippen LogP contribution is -2.21. The zero-order chi connectivity index (χ0) is 16.0. The van der Waals surface area contributed by atoms with Gasteiger partial charge >= 0.3 is 0 Å². The molecule has 0 bridgehead atoms. The van der Waals surface area contributed by atoms with Crippen molar-refractivity contribution in [3.63, 3.8) is 0 Å². The normalized spacial score (nSPS) is 11.7. The first-order valence-electron chi connectivity index (χ1n) is 7.08. The van der Waals surface area contributed by atoms with Crippen LogP contribution in [0.2, 0.25) is 0 Å². The summed E-state index contributed by atoms with van der Waals surface area (Å²) < 4.78 is -0.485. The lowest BCUT2D eigenvalue weighted by atomic mass is 10.1. The number of aryl methyl sites for hydroxylation is 1. The van der Waals surface area contributed by atoms with Crippen LogP contribution < -0.4 is 0 Å². The molecule has 0 atom stereocenters. The molecule has 0 saturated carbocycles. The zero-order valence-electron chi connectivity index (χ0n) is 12.3. The molecule has 0 spiro atoms. The Kier molecular flexibility index (Phi) is 7.25.